The topological polar surface area (TPSA) is 9.23 Å². The minimum atomic E-state index is 0.303. The van der Waals surface area contributed by atoms with Gasteiger partial charge in [0.25, 0.3) is 0 Å². The summed E-state index contributed by atoms with van der Waals surface area (Å²) in [6, 6.07) is 0. The van der Waals surface area contributed by atoms with Gasteiger partial charge in [0, 0.05) is 7.11 Å². The van der Waals surface area contributed by atoms with E-state index in [1.54, 1.807) is 5.57 Å². The largest absolute Gasteiger partial charge is 0.377 e. The molecule has 1 heteroatoms. The standard InChI is InChI=1S/C29H44O/c1-19(2)20(3)8-9-21(4)25-12-13-26-24-11-10-22-18-23(30-7)14-16-28(22,5)27(24)15-17-29(25,26)6/h8-11,18-21,23,25,27H,12-17H2,1-7H3/b9-8+/t20-,21+,23-,25+,27-,28-,29+/m0/s1. The Morgan fingerprint density at radius 1 is 0.967 bits per heavy atom. The molecule has 0 aromatic rings. The van der Waals surface area contributed by atoms with Crippen LogP contribution in [0.4, 0.5) is 0 Å². The number of hydrogen-bond donors (Lipinski definition) is 0. The summed E-state index contributed by atoms with van der Waals surface area (Å²) in [5, 5.41) is 0. The predicted octanol–water partition coefficient (Wildman–Crippen LogP) is 7.91. The van der Waals surface area contributed by atoms with Crippen molar-refractivity contribution in [2.45, 2.75) is 86.2 Å². The molecule has 0 saturated heterocycles. The second-order valence-electron chi connectivity index (χ2n) is 11.6. The average molecular weight is 409 g/mol. The van der Waals surface area contributed by atoms with Crippen molar-refractivity contribution in [3.8, 4) is 0 Å². The summed E-state index contributed by atoms with van der Waals surface area (Å²) in [7, 11) is 1.85. The molecule has 0 radical (unpaired) electrons. The lowest BCUT2D eigenvalue weighted by Crippen LogP contribution is -2.42. The number of allylic oxidation sites excluding steroid dienone is 7. The van der Waals surface area contributed by atoms with Crippen molar-refractivity contribution in [1.82, 2.24) is 0 Å². The Balaban J connectivity index is 1.63. The first-order chi connectivity index (χ1) is 14.2. The highest BCUT2D eigenvalue weighted by Gasteiger charge is 2.53. The molecule has 0 amide bonds. The Labute approximate surface area is 185 Å². The van der Waals surface area contributed by atoms with Crippen LogP contribution >= 0.6 is 0 Å². The Hall–Kier alpha value is -1.08. The Morgan fingerprint density at radius 2 is 1.70 bits per heavy atom. The smallest absolute Gasteiger partial charge is 0.0758 e. The lowest BCUT2D eigenvalue weighted by Gasteiger charge is -2.51. The van der Waals surface area contributed by atoms with Crippen molar-refractivity contribution >= 4 is 0 Å². The lowest BCUT2D eigenvalue weighted by atomic mass is 9.53. The molecule has 0 spiro atoms. The van der Waals surface area contributed by atoms with Gasteiger partial charge in [0.05, 0.1) is 6.10 Å². The summed E-state index contributed by atoms with van der Waals surface area (Å²) in [6.07, 6.45) is 20.5. The zero-order valence-corrected chi connectivity index (χ0v) is 20.5. The van der Waals surface area contributed by atoms with Crippen molar-refractivity contribution in [3.63, 3.8) is 0 Å². The van der Waals surface area contributed by atoms with Crippen molar-refractivity contribution in [2.75, 3.05) is 7.11 Å². The van der Waals surface area contributed by atoms with Crippen LogP contribution in [0.1, 0.15) is 80.1 Å². The quantitative estimate of drug-likeness (QED) is 0.420. The molecule has 30 heavy (non-hydrogen) atoms. The van der Waals surface area contributed by atoms with Crippen LogP contribution in [-0.4, -0.2) is 13.2 Å². The SMILES string of the molecule is CO[C@@H]1C=C2C=CC3=C4CC[C@H]([C@H](C)/C=C/[C@H](C)C(C)C)[C@@]4(C)CC[C@@H]3[C@@]2(C)CC1. The Morgan fingerprint density at radius 3 is 2.40 bits per heavy atom. The van der Waals surface area contributed by atoms with Crippen LogP contribution in [0, 0.1) is 40.4 Å². The fourth-order valence-electron chi connectivity index (χ4n) is 7.22. The number of methoxy groups -OCH3 is 1. The molecule has 0 heterocycles. The Bertz CT molecular complexity index is 780. The first-order valence-corrected chi connectivity index (χ1v) is 12.6. The second-order valence-corrected chi connectivity index (χ2v) is 11.6. The summed E-state index contributed by atoms with van der Waals surface area (Å²) in [4.78, 5) is 0. The maximum Gasteiger partial charge on any atom is 0.0758 e. The van der Waals surface area contributed by atoms with Gasteiger partial charge in [-0.3, -0.25) is 0 Å². The summed E-state index contributed by atoms with van der Waals surface area (Å²) in [5.41, 5.74) is 5.76. The maximum atomic E-state index is 5.67. The van der Waals surface area contributed by atoms with Crippen LogP contribution in [-0.2, 0) is 4.74 Å². The van der Waals surface area contributed by atoms with Gasteiger partial charge in [-0.05, 0) is 90.1 Å². The van der Waals surface area contributed by atoms with E-state index in [1.165, 1.54) is 44.1 Å². The molecular formula is C29H44O. The van der Waals surface area contributed by atoms with E-state index in [1.807, 2.05) is 12.7 Å². The van der Waals surface area contributed by atoms with Gasteiger partial charge in [0.2, 0.25) is 0 Å². The van der Waals surface area contributed by atoms with Gasteiger partial charge in [-0.2, -0.15) is 0 Å². The molecule has 0 bridgehead atoms. The number of ether oxygens (including phenoxy) is 1. The summed E-state index contributed by atoms with van der Waals surface area (Å²) < 4.78 is 5.67. The molecule has 0 N–H and O–H groups in total. The van der Waals surface area contributed by atoms with Crippen LogP contribution in [0.5, 0.6) is 0 Å². The van der Waals surface area contributed by atoms with Gasteiger partial charge in [0.1, 0.15) is 0 Å². The van der Waals surface area contributed by atoms with Gasteiger partial charge < -0.3 is 4.74 Å². The molecule has 4 rings (SSSR count). The number of fused-ring (bicyclic) bond motifs is 4. The van der Waals surface area contributed by atoms with Crippen LogP contribution in [0.3, 0.4) is 0 Å². The molecule has 7 atom stereocenters. The summed E-state index contributed by atoms with van der Waals surface area (Å²) in [5.74, 6) is 3.56. The van der Waals surface area contributed by atoms with E-state index in [-0.39, 0.29) is 0 Å². The molecule has 0 aromatic carbocycles. The molecule has 0 aliphatic heterocycles. The first-order valence-electron chi connectivity index (χ1n) is 12.6. The van der Waals surface area contributed by atoms with Crippen LogP contribution < -0.4 is 0 Å². The van der Waals surface area contributed by atoms with Crippen LogP contribution in [0.25, 0.3) is 0 Å². The summed E-state index contributed by atoms with van der Waals surface area (Å²) >= 11 is 0. The van der Waals surface area contributed by atoms with Crippen molar-refractivity contribution in [1.29, 1.82) is 0 Å². The van der Waals surface area contributed by atoms with E-state index in [0.29, 0.717) is 34.7 Å². The van der Waals surface area contributed by atoms with Crippen molar-refractivity contribution < 1.29 is 4.74 Å². The molecular weight excluding hydrogens is 364 g/mol. The van der Waals surface area contributed by atoms with Crippen LogP contribution in [0.2, 0.25) is 0 Å². The van der Waals surface area contributed by atoms with E-state index < -0.39 is 0 Å². The minimum absolute atomic E-state index is 0.303. The molecule has 166 valence electrons. The number of rotatable bonds is 5. The third kappa shape index (κ3) is 3.50. The highest BCUT2D eigenvalue weighted by atomic mass is 16.5. The monoisotopic (exact) mass is 408 g/mol. The molecule has 4 aliphatic rings. The van der Waals surface area contributed by atoms with E-state index in [2.05, 4.69) is 71.9 Å². The molecule has 1 saturated carbocycles. The second kappa shape index (κ2) is 8.12. The molecule has 0 unspecified atom stereocenters. The van der Waals surface area contributed by atoms with Gasteiger partial charge in [-0.25, -0.2) is 0 Å². The van der Waals surface area contributed by atoms with E-state index in [9.17, 15) is 0 Å². The van der Waals surface area contributed by atoms with Gasteiger partial charge in [-0.1, -0.05) is 77.5 Å². The molecule has 0 aromatic heterocycles. The molecule has 1 nitrogen and oxygen atoms in total. The molecule has 4 aliphatic carbocycles. The molecule has 1 fully saturated rings. The zero-order valence-electron chi connectivity index (χ0n) is 20.5. The normalized spacial score (nSPS) is 40.3. The Kier molecular flexibility index (Phi) is 5.99. The van der Waals surface area contributed by atoms with Crippen LogP contribution in [0.15, 0.2) is 47.1 Å². The van der Waals surface area contributed by atoms with Gasteiger partial charge >= 0.3 is 0 Å². The lowest BCUT2D eigenvalue weighted by molar-refractivity contribution is 0.0864. The predicted molar refractivity (Wildman–Crippen MR) is 128 cm³/mol. The average Bonchev–Trinajstić information content (AvgIpc) is 3.08. The highest BCUT2D eigenvalue weighted by molar-refractivity contribution is 5.49. The maximum absolute atomic E-state index is 5.67. The first kappa shape index (κ1) is 22.1. The van der Waals surface area contributed by atoms with Crippen molar-refractivity contribution in [3.05, 3.63) is 47.1 Å². The fraction of sp³-hybridized carbons (Fsp3) is 0.724. The van der Waals surface area contributed by atoms with E-state index >= 15 is 0 Å². The minimum Gasteiger partial charge on any atom is -0.377 e. The van der Waals surface area contributed by atoms with E-state index in [4.69, 9.17) is 4.74 Å². The third-order valence-electron chi connectivity index (χ3n) is 9.78. The third-order valence-corrected chi connectivity index (χ3v) is 9.78. The fourth-order valence-corrected chi connectivity index (χ4v) is 7.22. The number of hydrogen-bond acceptors (Lipinski definition) is 1. The van der Waals surface area contributed by atoms with Crippen molar-refractivity contribution in [2.24, 2.45) is 40.4 Å². The highest BCUT2D eigenvalue weighted by Crippen LogP contribution is 2.63. The van der Waals surface area contributed by atoms with Gasteiger partial charge in [0.15, 0.2) is 0 Å². The summed E-state index contributed by atoms with van der Waals surface area (Å²) in [6.45, 7) is 14.6. The zero-order chi connectivity index (χ0) is 21.7. The van der Waals surface area contributed by atoms with E-state index in [0.717, 1.165) is 11.8 Å². The van der Waals surface area contributed by atoms with Gasteiger partial charge in [-0.15, -0.1) is 0 Å².